The molecule has 1 aliphatic rings. The maximum Gasteiger partial charge on any atom is 0.174 e. The molecule has 0 amide bonds. The number of pyridine rings is 1. The second-order valence-electron chi connectivity index (χ2n) is 7.30. The molecule has 0 bridgehead atoms. The van der Waals surface area contributed by atoms with Crippen LogP contribution in [0.15, 0.2) is 91.3 Å². The van der Waals surface area contributed by atoms with Gasteiger partial charge < -0.3 is 19.9 Å². The first kappa shape index (κ1) is 19.6. The number of phenolic OH excluding ortho intramolecular Hbond substituents is 1. The van der Waals surface area contributed by atoms with Gasteiger partial charge in [0.05, 0.1) is 11.7 Å². The predicted molar refractivity (Wildman–Crippen MR) is 127 cm³/mol. The monoisotopic (exact) mass is 446 g/mol. The van der Waals surface area contributed by atoms with Crippen molar-refractivity contribution >= 4 is 34.6 Å². The van der Waals surface area contributed by atoms with Crippen molar-refractivity contribution in [2.75, 3.05) is 4.90 Å². The number of rotatable bonds is 4. The number of anilines is 1. The molecule has 0 aliphatic carbocycles. The highest BCUT2D eigenvalue weighted by Crippen LogP contribution is 2.42. The zero-order valence-electron chi connectivity index (χ0n) is 16.4. The summed E-state index contributed by atoms with van der Waals surface area (Å²) in [5.41, 5.74) is 3.79. The Kier molecular flexibility index (Phi) is 5.10. The molecule has 7 heteroatoms. The molecular formula is C24H19ClN4OS. The molecule has 0 spiro atoms. The number of phenols is 1. The van der Waals surface area contributed by atoms with Gasteiger partial charge in [0.15, 0.2) is 5.11 Å². The van der Waals surface area contributed by atoms with Gasteiger partial charge in [0.1, 0.15) is 11.8 Å². The van der Waals surface area contributed by atoms with Gasteiger partial charge in [-0.1, -0.05) is 23.7 Å². The zero-order chi connectivity index (χ0) is 21.4. The second-order valence-corrected chi connectivity index (χ2v) is 8.12. The van der Waals surface area contributed by atoms with Crippen molar-refractivity contribution in [2.24, 2.45) is 0 Å². The van der Waals surface area contributed by atoms with E-state index in [1.165, 1.54) is 0 Å². The van der Waals surface area contributed by atoms with E-state index in [0.717, 1.165) is 22.8 Å². The molecule has 4 aromatic rings. The molecule has 1 aliphatic heterocycles. The fourth-order valence-electron chi connectivity index (χ4n) is 4.04. The molecule has 154 valence electrons. The van der Waals surface area contributed by atoms with E-state index in [0.29, 0.717) is 10.1 Å². The minimum atomic E-state index is -0.166. The largest absolute Gasteiger partial charge is 0.508 e. The van der Waals surface area contributed by atoms with Crippen molar-refractivity contribution < 1.29 is 5.11 Å². The van der Waals surface area contributed by atoms with E-state index >= 15 is 0 Å². The van der Waals surface area contributed by atoms with Crippen LogP contribution < -0.4 is 10.2 Å². The van der Waals surface area contributed by atoms with Gasteiger partial charge in [-0.15, -0.1) is 0 Å². The molecule has 31 heavy (non-hydrogen) atoms. The lowest BCUT2D eigenvalue weighted by Crippen LogP contribution is -2.30. The predicted octanol–water partition coefficient (Wildman–Crippen LogP) is 5.41. The van der Waals surface area contributed by atoms with E-state index in [9.17, 15) is 5.11 Å². The fraction of sp³-hybridized carbons (Fsp3) is 0.0833. The minimum Gasteiger partial charge on any atom is -0.508 e. The summed E-state index contributed by atoms with van der Waals surface area (Å²) < 4.78 is 2.12. The summed E-state index contributed by atoms with van der Waals surface area (Å²) in [5.74, 6) is 0.210. The van der Waals surface area contributed by atoms with Crippen LogP contribution in [0.25, 0.3) is 5.69 Å². The number of nitrogens with one attached hydrogen (secondary N) is 1. The van der Waals surface area contributed by atoms with Crippen molar-refractivity contribution in [3.8, 4) is 11.4 Å². The van der Waals surface area contributed by atoms with E-state index in [4.69, 9.17) is 23.8 Å². The lowest BCUT2D eigenvalue weighted by Gasteiger charge is -2.29. The van der Waals surface area contributed by atoms with Crippen LogP contribution in [-0.2, 0) is 0 Å². The molecule has 2 atom stereocenters. The SMILES string of the molecule is Oc1ccc(N2C(=S)N[C@H](c3ccccn3)[C@H]2c2cccn2-c2cccc(Cl)c2)cc1. The number of hydrogen-bond acceptors (Lipinski definition) is 3. The summed E-state index contributed by atoms with van der Waals surface area (Å²) in [7, 11) is 0. The first-order valence-corrected chi connectivity index (χ1v) is 10.6. The first-order valence-electron chi connectivity index (χ1n) is 9.85. The van der Waals surface area contributed by atoms with E-state index in [1.807, 2.05) is 66.9 Å². The molecular weight excluding hydrogens is 428 g/mol. The summed E-state index contributed by atoms with van der Waals surface area (Å²) in [6, 6.07) is 24.5. The molecule has 0 radical (unpaired) electrons. The zero-order valence-corrected chi connectivity index (χ0v) is 18.0. The Hall–Kier alpha value is -3.35. The molecule has 2 N–H and O–H groups in total. The van der Waals surface area contributed by atoms with Crippen molar-refractivity contribution in [1.82, 2.24) is 14.9 Å². The molecule has 1 saturated heterocycles. The average molecular weight is 447 g/mol. The van der Waals surface area contributed by atoms with E-state index in [1.54, 1.807) is 18.3 Å². The normalized spacial score (nSPS) is 18.2. The Morgan fingerprint density at radius 2 is 1.77 bits per heavy atom. The van der Waals surface area contributed by atoms with E-state index in [-0.39, 0.29) is 17.8 Å². The maximum absolute atomic E-state index is 9.77. The lowest BCUT2D eigenvalue weighted by atomic mass is 10.0. The van der Waals surface area contributed by atoms with Crippen LogP contribution in [0.3, 0.4) is 0 Å². The summed E-state index contributed by atoms with van der Waals surface area (Å²) in [6.07, 6.45) is 3.81. The minimum absolute atomic E-state index is 0.157. The van der Waals surface area contributed by atoms with E-state index < -0.39 is 0 Å². The van der Waals surface area contributed by atoms with Crippen LogP contribution in [0.2, 0.25) is 5.02 Å². The Morgan fingerprint density at radius 1 is 0.935 bits per heavy atom. The van der Waals surface area contributed by atoms with Crippen LogP contribution in [-0.4, -0.2) is 19.8 Å². The lowest BCUT2D eigenvalue weighted by molar-refractivity contribution is 0.475. The van der Waals surface area contributed by atoms with Gasteiger partial charge in [-0.2, -0.15) is 0 Å². The van der Waals surface area contributed by atoms with Crippen LogP contribution in [0.5, 0.6) is 5.75 Å². The molecule has 2 aromatic carbocycles. The molecule has 0 unspecified atom stereocenters. The quantitative estimate of drug-likeness (QED) is 0.410. The van der Waals surface area contributed by atoms with Gasteiger partial charge in [0.25, 0.3) is 0 Å². The molecule has 0 saturated carbocycles. The Balaban J connectivity index is 1.67. The third kappa shape index (κ3) is 3.65. The highest BCUT2D eigenvalue weighted by molar-refractivity contribution is 7.80. The van der Waals surface area contributed by atoms with Gasteiger partial charge in [0, 0.05) is 34.5 Å². The third-order valence-electron chi connectivity index (χ3n) is 5.40. The number of nitrogens with zero attached hydrogens (tertiary/aromatic N) is 3. The molecule has 1 fully saturated rings. The van der Waals surface area contributed by atoms with Gasteiger partial charge in [-0.05, 0) is 78.9 Å². The Bertz CT molecular complexity index is 1230. The highest BCUT2D eigenvalue weighted by atomic mass is 35.5. The van der Waals surface area contributed by atoms with Crippen LogP contribution in [0, 0.1) is 0 Å². The smallest absolute Gasteiger partial charge is 0.174 e. The maximum atomic E-state index is 9.77. The third-order valence-corrected chi connectivity index (χ3v) is 5.95. The summed E-state index contributed by atoms with van der Waals surface area (Å²) >= 11 is 12.0. The molecule has 5 rings (SSSR count). The van der Waals surface area contributed by atoms with Gasteiger partial charge in [0.2, 0.25) is 0 Å². The molecule has 3 heterocycles. The summed E-state index contributed by atoms with van der Waals surface area (Å²) in [5, 5.41) is 14.5. The standard InChI is InChI=1S/C24H19ClN4OS/c25-16-5-3-6-18(15-16)28-14-4-8-21(28)23-22(20-7-1-2-13-26-20)27-24(31)29(23)17-9-11-19(30)12-10-17/h1-15,22-23,30H,(H,27,31)/t22-,23-/m1/s1. The summed E-state index contributed by atoms with van der Waals surface area (Å²) in [4.78, 5) is 6.67. The van der Waals surface area contributed by atoms with Crippen molar-refractivity contribution in [2.45, 2.75) is 12.1 Å². The number of aromatic nitrogens is 2. The van der Waals surface area contributed by atoms with E-state index in [2.05, 4.69) is 25.8 Å². The van der Waals surface area contributed by atoms with Crippen molar-refractivity contribution in [3.05, 3.63) is 108 Å². The van der Waals surface area contributed by atoms with Gasteiger partial charge >= 0.3 is 0 Å². The number of hydrogen-bond donors (Lipinski definition) is 2. The second kappa shape index (κ2) is 8.06. The number of thiocarbonyl (C=S) groups is 1. The number of aromatic hydroxyl groups is 1. The van der Waals surface area contributed by atoms with Crippen LogP contribution in [0.4, 0.5) is 5.69 Å². The first-order chi connectivity index (χ1) is 15.1. The Labute approximate surface area is 190 Å². The van der Waals surface area contributed by atoms with Gasteiger partial charge in [-0.3, -0.25) is 4.98 Å². The van der Waals surface area contributed by atoms with Crippen LogP contribution in [0.1, 0.15) is 23.5 Å². The average Bonchev–Trinajstić information content (AvgIpc) is 3.39. The number of benzene rings is 2. The number of halogens is 1. The highest BCUT2D eigenvalue weighted by Gasteiger charge is 2.42. The topological polar surface area (TPSA) is 53.3 Å². The van der Waals surface area contributed by atoms with Crippen LogP contribution >= 0.6 is 23.8 Å². The molecule has 2 aromatic heterocycles. The molecule has 5 nitrogen and oxygen atoms in total. The summed E-state index contributed by atoms with van der Waals surface area (Å²) in [6.45, 7) is 0. The fourth-order valence-corrected chi connectivity index (χ4v) is 4.57. The van der Waals surface area contributed by atoms with Crippen molar-refractivity contribution in [1.29, 1.82) is 0 Å². The Morgan fingerprint density at radius 3 is 2.52 bits per heavy atom. The van der Waals surface area contributed by atoms with Gasteiger partial charge in [-0.25, -0.2) is 0 Å². The van der Waals surface area contributed by atoms with Crippen molar-refractivity contribution in [3.63, 3.8) is 0 Å².